The molecule has 0 spiro atoms. The topological polar surface area (TPSA) is 110 Å². The summed E-state index contributed by atoms with van der Waals surface area (Å²) >= 11 is 5.71. The van der Waals surface area contributed by atoms with Crippen molar-refractivity contribution in [3.63, 3.8) is 0 Å². The average Bonchev–Trinajstić information content (AvgIpc) is 2.36. The van der Waals surface area contributed by atoms with Gasteiger partial charge in [-0.05, 0) is 12.5 Å². The quantitative estimate of drug-likeness (QED) is 0.618. The highest BCUT2D eigenvalue weighted by Gasteiger charge is 2.18. The largest absolute Gasteiger partial charge is 0.481 e. The van der Waals surface area contributed by atoms with Crippen molar-refractivity contribution in [2.75, 3.05) is 0 Å². The third kappa shape index (κ3) is 4.51. The smallest absolute Gasteiger partial charge is 0.305 e. The zero-order valence-electron chi connectivity index (χ0n) is 10.6. The zero-order chi connectivity index (χ0) is 15.3. The summed E-state index contributed by atoms with van der Waals surface area (Å²) in [6, 6.07) is 2.97. The second-order valence-corrected chi connectivity index (χ2v) is 4.57. The van der Waals surface area contributed by atoms with Crippen molar-refractivity contribution in [3.8, 4) is 0 Å². The number of hydrogen-bond donors (Lipinski definition) is 2. The van der Waals surface area contributed by atoms with Crippen LogP contribution in [0.25, 0.3) is 0 Å². The summed E-state index contributed by atoms with van der Waals surface area (Å²) in [4.78, 5) is 32.6. The van der Waals surface area contributed by atoms with Gasteiger partial charge >= 0.3 is 5.97 Å². The Morgan fingerprint density at radius 3 is 2.60 bits per heavy atom. The van der Waals surface area contributed by atoms with Gasteiger partial charge in [0, 0.05) is 28.8 Å². The van der Waals surface area contributed by atoms with E-state index in [-0.39, 0.29) is 22.7 Å². The Kier molecular flexibility index (Phi) is 5.45. The van der Waals surface area contributed by atoms with Gasteiger partial charge in [-0.1, -0.05) is 18.5 Å². The molecule has 0 aliphatic rings. The number of halogens is 1. The molecule has 0 radical (unpaired) electrons. The van der Waals surface area contributed by atoms with Crippen LogP contribution >= 0.6 is 11.6 Å². The zero-order valence-corrected chi connectivity index (χ0v) is 11.4. The van der Waals surface area contributed by atoms with Crippen LogP contribution in [0.5, 0.6) is 0 Å². The summed E-state index contributed by atoms with van der Waals surface area (Å²) in [5.41, 5.74) is -0.276. The minimum atomic E-state index is -1.03. The minimum absolute atomic E-state index is 0.0213. The lowest BCUT2D eigenvalue weighted by Gasteiger charge is -2.14. The molecule has 108 valence electrons. The standard InChI is InChI=1S/C12H13ClN2O5/c1-2-9(6-11(16)17)14-12(18)7-3-8(13)5-10(4-7)15(19)20/h3-5,9H,2,6H2,1H3,(H,14,18)(H,16,17). The van der Waals surface area contributed by atoms with E-state index in [9.17, 15) is 19.7 Å². The van der Waals surface area contributed by atoms with Crippen molar-refractivity contribution >= 4 is 29.2 Å². The van der Waals surface area contributed by atoms with Gasteiger partial charge in [0.1, 0.15) is 0 Å². The Bertz CT molecular complexity index is 547. The van der Waals surface area contributed by atoms with E-state index in [0.29, 0.717) is 6.42 Å². The average molecular weight is 301 g/mol. The van der Waals surface area contributed by atoms with Gasteiger partial charge in [-0.3, -0.25) is 19.7 Å². The summed E-state index contributed by atoms with van der Waals surface area (Å²) in [5.74, 6) is -1.63. The van der Waals surface area contributed by atoms with Crippen LogP contribution in [0, 0.1) is 10.1 Å². The van der Waals surface area contributed by atoms with Gasteiger partial charge in [-0.25, -0.2) is 0 Å². The third-order valence-corrected chi connectivity index (χ3v) is 2.82. The molecular weight excluding hydrogens is 288 g/mol. The van der Waals surface area contributed by atoms with Crippen LogP contribution in [0.2, 0.25) is 5.02 Å². The first-order chi connectivity index (χ1) is 9.33. The summed E-state index contributed by atoms with van der Waals surface area (Å²) in [6.07, 6.45) is 0.214. The fourth-order valence-corrected chi connectivity index (χ4v) is 1.82. The van der Waals surface area contributed by atoms with Gasteiger partial charge in [-0.2, -0.15) is 0 Å². The molecule has 0 aromatic heterocycles. The maximum atomic E-state index is 11.9. The fraction of sp³-hybridized carbons (Fsp3) is 0.333. The summed E-state index contributed by atoms with van der Waals surface area (Å²) in [5, 5.41) is 22.0. The van der Waals surface area contributed by atoms with Crippen LogP contribution in [-0.2, 0) is 4.79 Å². The van der Waals surface area contributed by atoms with E-state index in [0.717, 1.165) is 12.1 Å². The van der Waals surface area contributed by atoms with Crippen molar-refractivity contribution in [2.45, 2.75) is 25.8 Å². The molecule has 7 nitrogen and oxygen atoms in total. The van der Waals surface area contributed by atoms with Crippen LogP contribution in [0.4, 0.5) is 5.69 Å². The molecule has 1 atom stereocenters. The highest BCUT2D eigenvalue weighted by Crippen LogP contribution is 2.21. The number of non-ortho nitro benzene ring substituents is 1. The number of carbonyl (C=O) groups excluding carboxylic acids is 1. The molecule has 1 aromatic rings. The van der Waals surface area contributed by atoms with E-state index in [1.165, 1.54) is 6.07 Å². The summed E-state index contributed by atoms with van der Waals surface area (Å²) in [7, 11) is 0. The van der Waals surface area contributed by atoms with E-state index in [1.807, 2.05) is 0 Å². The van der Waals surface area contributed by atoms with Crippen LogP contribution < -0.4 is 5.32 Å². The Hall–Kier alpha value is -2.15. The van der Waals surface area contributed by atoms with E-state index in [1.54, 1.807) is 6.92 Å². The van der Waals surface area contributed by atoms with Gasteiger partial charge in [-0.15, -0.1) is 0 Å². The highest BCUT2D eigenvalue weighted by atomic mass is 35.5. The number of rotatable bonds is 6. The molecule has 1 rings (SSSR count). The van der Waals surface area contributed by atoms with Gasteiger partial charge in [0.15, 0.2) is 0 Å². The van der Waals surface area contributed by atoms with Gasteiger partial charge in [0.05, 0.1) is 11.3 Å². The van der Waals surface area contributed by atoms with E-state index in [2.05, 4.69) is 5.32 Å². The van der Waals surface area contributed by atoms with Crippen LogP contribution in [0.1, 0.15) is 30.1 Å². The second-order valence-electron chi connectivity index (χ2n) is 4.13. The molecule has 20 heavy (non-hydrogen) atoms. The van der Waals surface area contributed by atoms with Gasteiger partial charge < -0.3 is 10.4 Å². The molecule has 0 aliphatic carbocycles. The van der Waals surface area contributed by atoms with Crippen molar-refractivity contribution in [2.24, 2.45) is 0 Å². The summed E-state index contributed by atoms with van der Waals surface area (Å²) < 4.78 is 0. The molecule has 0 saturated heterocycles. The first-order valence-corrected chi connectivity index (χ1v) is 6.19. The molecular formula is C12H13ClN2O5. The maximum absolute atomic E-state index is 11.9. The highest BCUT2D eigenvalue weighted by molar-refractivity contribution is 6.31. The Morgan fingerprint density at radius 2 is 2.10 bits per heavy atom. The van der Waals surface area contributed by atoms with E-state index < -0.39 is 22.8 Å². The number of nitrogens with one attached hydrogen (secondary N) is 1. The number of nitro groups is 1. The number of nitro benzene ring substituents is 1. The Labute approximate surface area is 119 Å². The molecule has 0 bridgehead atoms. The number of benzene rings is 1. The third-order valence-electron chi connectivity index (χ3n) is 2.60. The lowest BCUT2D eigenvalue weighted by atomic mass is 10.1. The number of hydrogen-bond acceptors (Lipinski definition) is 4. The summed E-state index contributed by atoms with van der Waals surface area (Å²) in [6.45, 7) is 1.73. The van der Waals surface area contributed by atoms with E-state index >= 15 is 0 Å². The Balaban J connectivity index is 2.91. The molecule has 1 amide bonds. The van der Waals surface area contributed by atoms with E-state index in [4.69, 9.17) is 16.7 Å². The van der Waals surface area contributed by atoms with Crippen molar-refractivity contribution in [1.29, 1.82) is 0 Å². The van der Waals surface area contributed by atoms with Crippen LogP contribution in [-0.4, -0.2) is 27.9 Å². The maximum Gasteiger partial charge on any atom is 0.305 e. The number of carboxylic acid groups (broad SMARTS) is 1. The molecule has 0 heterocycles. The number of carboxylic acids is 1. The predicted octanol–water partition coefficient (Wildman–Crippen LogP) is 2.23. The van der Waals surface area contributed by atoms with Crippen LogP contribution in [0.3, 0.4) is 0 Å². The monoisotopic (exact) mass is 300 g/mol. The first-order valence-electron chi connectivity index (χ1n) is 5.81. The first kappa shape index (κ1) is 15.9. The number of carbonyl (C=O) groups is 2. The second kappa shape index (κ2) is 6.85. The molecule has 1 aromatic carbocycles. The van der Waals surface area contributed by atoms with Crippen molar-refractivity contribution in [3.05, 3.63) is 38.9 Å². The molecule has 0 aliphatic heterocycles. The lowest BCUT2D eigenvalue weighted by molar-refractivity contribution is -0.384. The van der Waals surface area contributed by atoms with Gasteiger partial charge in [0.25, 0.3) is 11.6 Å². The Morgan fingerprint density at radius 1 is 1.45 bits per heavy atom. The molecule has 0 saturated carbocycles. The molecule has 2 N–H and O–H groups in total. The van der Waals surface area contributed by atoms with Crippen molar-refractivity contribution < 1.29 is 19.6 Å². The number of aliphatic carboxylic acids is 1. The SMILES string of the molecule is CCC(CC(=O)O)NC(=O)c1cc(Cl)cc([N+](=O)[O-])c1. The molecule has 1 unspecified atom stereocenters. The molecule has 0 fully saturated rings. The molecule has 8 heteroatoms. The normalized spacial score (nSPS) is 11.7. The number of nitrogens with zero attached hydrogens (tertiary/aromatic N) is 1. The van der Waals surface area contributed by atoms with Crippen LogP contribution in [0.15, 0.2) is 18.2 Å². The fourth-order valence-electron chi connectivity index (χ4n) is 1.59. The van der Waals surface area contributed by atoms with Crippen molar-refractivity contribution in [1.82, 2.24) is 5.32 Å². The predicted molar refractivity (Wildman–Crippen MR) is 71.9 cm³/mol. The minimum Gasteiger partial charge on any atom is -0.481 e. The number of amides is 1. The lowest BCUT2D eigenvalue weighted by Crippen LogP contribution is -2.36. The van der Waals surface area contributed by atoms with Gasteiger partial charge in [0.2, 0.25) is 0 Å².